The van der Waals surface area contributed by atoms with Crippen molar-refractivity contribution in [2.45, 2.75) is 25.7 Å². The monoisotopic (exact) mass is 328 g/mol. The molecule has 1 saturated carbocycles. The number of nitrogens with zero attached hydrogens (tertiary/aromatic N) is 2. The summed E-state index contributed by atoms with van der Waals surface area (Å²) in [6.45, 7) is 4.46. The van der Waals surface area contributed by atoms with Gasteiger partial charge in [0.15, 0.2) is 6.67 Å². The molecule has 0 bridgehead atoms. The van der Waals surface area contributed by atoms with Gasteiger partial charge in [-0.3, -0.25) is 9.59 Å². The lowest BCUT2D eigenvalue weighted by Crippen LogP contribution is -3.16. The first-order chi connectivity index (χ1) is 11.7. The Morgan fingerprint density at radius 3 is 2.08 bits per heavy atom. The maximum absolute atomic E-state index is 12.6. The van der Waals surface area contributed by atoms with E-state index in [0.29, 0.717) is 6.67 Å². The molecular formula is C19H26N3O2+. The molecule has 2 amide bonds. The van der Waals surface area contributed by atoms with Crippen LogP contribution in [0.5, 0.6) is 0 Å². The van der Waals surface area contributed by atoms with Crippen LogP contribution in [-0.2, 0) is 9.59 Å². The number of imide groups is 1. The topological polar surface area (TPSA) is 45.1 Å². The molecule has 3 aliphatic rings. The van der Waals surface area contributed by atoms with Gasteiger partial charge in [-0.25, -0.2) is 4.90 Å². The maximum Gasteiger partial charge on any atom is 0.237 e. The van der Waals surface area contributed by atoms with Gasteiger partial charge in [0, 0.05) is 5.69 Å². The standard InChI is InChI=1S/C19H25N3O2/c23-18-16-8-4-5-9-17(16)19(24)22(18)14-20-10-12-21(13-11-20)15-6-2-1-3-7-15/h1-3,6-7,16-17H,4-5,8-14H2/p+1/t16-,17-/m0/s1. The average molecular weight is 328 g/mol. The summed E-state index contributed by atoms with van der Waals surface area (Å²) < 4.78 is 0. The Kier molecular flexibility index (Phi) is 4.27. The number of hydrogen-bond donors (Lipinski definition) is 1. The quantitative estimate of drug-likeness (QED) is 0.823. The van der Waals surface area contributed by atoms with Gasteiger partial charge in [0.1, 0.15) is 0 Å². The second kappa shape index (κ2) is 6.55. The lowest BCUT2D eigenvalue weighted by molar-refractivity contribution is -0.908. The van der Waals surface area contributed by atoms with E-state index in [1.165, 1.54) is 10.6 Å². The van der Waals surface area contributed by atoms with E-state index in [1.54, 1.807) is 4.90 Å². The van der Waals surface area contributed by atoms with Gasteiger partial charge < -0.3 is 9.80 Å². The highest BCUT2D eigenvalue weighted by Crippen LogP contribution is 2.37. The molecule has 128 valence electrons. The zero-order valence-corrected chi connectivity index (χ0v) is 14.1. The van der Waals surface area contributed by atoms with Crippen molar-refractivity contribution in [3.05, 3.63) is 30.3 Å². The van der Waals surface area contributed by atoms with Crippen molar-refractivity contribution in [3.63, 3.8) is 0 Å². The van der Waals surface area contributed by atoms with Crippen LogP contribution >= 0.6 is 0 Å². The number of likely N-dealkylation sites (tertiary alicyclic amines) is 1. The molecular weight excluding hydrogens is 302 g/mol. The Morgan fingerprint density at radius 1 is 0.917 bits per heavy atom. The number of quaternary nitrogens is 1. The Bertz CT molecular complexity index is 586. The summed E-state index contributed by atoms with van der Waals surface area (Å²) in [5, 5.41) is 0. The first-order valence-corrected chi connectivity index (χ1v) is 9.23. The molecule has 2 atom stereocenters. The van der Waals surface area contributed by atoms with E-state index in [0.717, 1.165) is 51.9 Å². The number of anilines is 1. The number of piperazine rings is 1. The zero-order valence-electron chi connectivity index (χ0n) is 14.1. The van der Waals surface area contributed by atoms with Crippen molar-refractivity contribution in [2.75, 3.05) is 37.7 Å². The highest BCUT2D eigenvalue weighted by Gasteiger charge is 2.49. The molecule has 5 nitrogen and oxygen atoms in total. The van der Waals surface area contributed by atoms with E-state index >= 15 is 0 Å². The maximum atomic E-state index is 12.6. The summed E-state index contributed by atoms with van der Waals surface area (Å²) in [6.07, 6.45) is 4.00. The van der Waals surface area contributed by atoms with Crippen LogP contribution in [0.2, 0.25) is 0 Å². The number of hydrogen-bond acceptors (Lipinski definition) is 3. The molecule has 0 unspecified atom stereocenters. The first kappa shape index (κ1) is 15.6. The molecule has 0 radical (unpaired) electrons. The molecule has 3 fully saturated rings. The Hall–Kier alpha value is -1.88. The summed E-state index contributed by atoms with van der Waals surface area (Å²) in [7, 11) is 0. The fourth-order valence-electron chi connectivity index (χ4n) is 4.49. The molecule has 1 aliphatic carbocycles. The minimum absolute atomic E-state index is 0.0174. The fraction of sp³-hybridized carbons (Fsp3) is 0.579. The average Bonchev–Trinajstić information content (AvgIpc) is 2.88. The number of para-hydroxylation sites is 1. The van der Waals surface area contributed by atoms with Crippen LogP contribution in [0.3, 0.4) is 0 Å². The van der Waals surface area contributed by atoms with Crippen molar-refractivity contribution < 1.29 is 14.5 Å². The van der Waals surface area contributed by atoms with Gasteiger partial charge in [-0.05, 0) is 25.0 Å². The lowest BCUT2D eigenvalue weighted by Gasteiger charge is -2.34. The number of rotatable bonds is 3. The summed E-state index contributed by atoms with van der Waals surface area (Å²) >= 11 is 0. The van der Waals surface area contributed by atoms with Crippen LogP contribution < -0.4 is 9.80 Å². The normalized spacial score (nSPS) is 28.3. The van der Waals surface area contributed by atoms with Crippen molar-refractivity contribution in [1.29, 1.82) is 0 Å². The van der Waals surface area contributed by atoms with E-state index in [1.807, 2.05) is 6.07 Å². The third-order valence-corrected chi connectivity index (χ3v) is 5.91. The van der Waals surface area contributed by atoms with Crippen molar-refractivity contribution >= 4 is 17.5 Å². The van der Waals surface area contributed by atoms with Gasteiger partial charge in [-0.2, -0.15) is 0 Å². The molecule has 4 rings (SSSR count). The molecule has 1 aromatic rings. The molecule has 5 heteroatoms. The highest BCUT2D eigenvalue weighted by atomic mass is 16.2. The molecule has 2 heterocycles. The molecule has 2 aliphatic heterocycles. The largest absolute Gasteiger partial charge is 0.360 e. The van der Waals surface area contributed by atoms with Gasteiger partial charge in [0.05, 0.1) is 38.0 Å². The Balaban J connectivity index is 1.35. The molecule has 24 heavy (non-hydrogen) atoms. The summed E-state index contributed by atoms with van der Waals surface area (Å²) in [5.41, 5.74) is 1.26. The molecule has 0 spiro atoms. The predicted molar refractivity (Wildman–Crippen MR) is 91.5 cm³/mol. The van der Waals surface area contributed by atoms with Crippen molar-refractivity contribution in [1.82, 2.24) is 4.90 Å². The SMILES string of the molecule is O=C1[C@H]2CCCC[C@@H]2C(=O)N1C[NH+]1CCN(c2ccccc2)CC1. The van der Waals surface area contributed by atoms with E-state index in [2.05, 4.69) is 29.2 Å². The first-order valence-electron chi connectivity index (χ1n) is 9.23. The second-order valence-electron chi connectivity index (χ2n) is 7.33. The highest BCUT2D eigenvalue weighted by molar-refractivity contribution is 6.05. The van der Waals surface area contributed by atoms with Crippen LogP contribution in [0.4, 0.5) is 5.69 Å². The van der Waals surface area contributed by atoms with Crippen molar-refractivity contribution in [3.8, 4) is 0 Å². The van der Waals surface area contributed by atoms with Crippen LogP contribution in [-0.4, -0.2) is 49.6 Å². The number of carbonyl (C=O) groups excluding carboxylic acids is 2. The number of amides is 2. The number of benzene rings is 1. The third-order valence-electron chi connectivity index (χ3n) is 5.91. The molecule has 2 saturated heterocycles. The predicted octanol–water partition coefficient (Wildman–Crippen LogP) is 0.524. The Morgan fingerprint density at radius 2 is 1.50 bits per heavy atom. The second-order valence-corrected chi connectivity index (χ2v) is 7.33. The lowest BCUT2D eigenvalue weighted by atomic mass is 9.81. The van der Waals surface area contributed by atoms with Crippen LogP contribution in [0, 0.1) is 11.8 Å². The van der Waals surface area contributed by atoms with Crippen molar-refractivity contribution in [2.24, 2.45) is 11.8 Å². The summed E-state index contributed by atoms with van der Waals surface area (Å²) in [6, 6.07) is 10.5. The van der Waals surface area contributed by atoms with Gasteiger partial charge >= 0.3 is 0 Å². The van der Waals surface area contributed by atoms with E-state index in [9.17, 15) is 9.59 Å². The van der Waals surface area contributed by atoms with Gasteiger partial charge in [-0.1, -0.05) is 31.0 Å². The van der Waals surface area contributed by atoms with Gasteiger partial charge in [0.25, 0.3) is 0 Å². The van der Waals surface area contributed by atoms with Gasteiger partial charge in [0.2, 0.25) is 11.8 Å². The minimum Gasteiger partial charge on any atom is -0.360 e. The Labute approximate surface area is 143 Å². The zero-order chi connectivity index (χ0) is 16.5. The van der Waals surface area contributed by atoms with Crippen LogP contribution in [0.15, 0.2) is 30.3 Å². The van der Waals surface area contributed by atoms with E-state index in [4.69, 9.17) is 0 Å². The smallest absolute Gasteiger partial charge is 0.237 e. The summed E-state index contributed by atoms with van der Waals surface area (Å²) in [5.74, 6) is 0.165. The minimum atomic E-state index is -0.0174. The van der Waals surface area contributed by atoms with E-state index < -0.39 is 0 Å². The summed E-state index contributed by atoms with van der Waals surface area (Å²) in [4.78, 5) is 30.5. The molecule has 1 N–H and O–H groups in total. The van der Waals surface area contributed by atoms with Gasteiger partial charge in [-0.15, -0.1) is 0 Å². The van der Waals surface area contributed by atoms with Crippen LogP contribution in [0.25, 0.3) is 0 Å². The molecule has 0 aromatic heterocycles. The fourth-order valence-corrected chi connectivity index (χ4v) is 4.49. The number of carbonyl (C=O) groups is 2. The molecule has 1 aromatic carbocycles. The third kappa shape index (κ3) is 2.81. The van der Waals surface area contributed by atoms with Crippen LogP contribution in [0.1, 0.15) is 25.7 Å². The number of fused-ring (bicyclic) bond motifs is 1. The number of nitrogens with one attached hydrogen (secondary N) is 1. The van der Waals surface area contributed by atoms with E-state index in [-0.39, 0.29) is 23.7 Å².